The van der Waals surface area contributed by atoms with Gasteiger partial charge in [-0.1, -0.05) is 19.0 Å². The van der Waals surface area contributed by atoms with Crippen molar-refractivity contribution in [1.82, 2.24) is 15.4 Å². The molecule has 0 saturated carbocycles. The zero-order valence-corrected chi connectivity index (χ0v) is 17.8. The van der Waals surface area contributed by atoms with Crippen LogP contribution in [0.5, 0.6) is 0 Å². The number of nitrogens with one attached hydrogen (secondary N) is 1. The third-order valence-electron chi connectivity index (χ3n) is 6.05. The molecular formula is C23H28FN3O4. The number of nitrogens with zero attached hydrogens (tertiary/aromatic N) is 2. The number of carbonyl (C=O) groups excluding carboxylic acids is 2. The van der Waals surface area contributed by atoms with Crippen LogP contribution < -0.4 is 5.32 Å². The quantitative estimate of drug-likeness (QED) is 0.789. The average Bonchev–Trinajstić information content (AvgIpc) is 3.25. The van der Waals surface area contributed by atoms with Gasteiger partial charge in [0, 0.05) is 37.4 Å². The van der Waals surface area contributed by atoms with E-state index in [1.807, 2.05) is 13.8 Å². The Morgan fingerprint density at radius 2 is 1.97 bits per heavy atom. The molecule has 1 aromatic heterocycles. The first-order chi connectivity index (χ1) is 14.9. The first-order valence-electron chi connectivity index (χ1n) is 10.8. The number of amides is 2. The fourth-order valence-corrected chi connectivity index (χ4v) is 4.37. The maximum absolute atomic E-state index is 13.4. The van der Waals surface area contributed by atoms with Crippen molar-refractivity contribution >= 4 is 11.8 Å². The highest BCUT2D eigenvalue weighted by molar-refractivity contribution is 5.97. The van der Waals surface area contributed by atoms with Crippen LogP contribution in [0.4, 0.5) is 4.39 Å². The molecule has 1 aromatic carbocycles. The number of hydrogen-bond donors (Lipinski definition) is 1. The Bertz CT molecular complexity index is 921. The van der Waals surface area contributed by atoms with Crippen LogP contribution in [0.1, 0.15) is 43.6 Å². The standard InChI is InChI=1S/C23H28FN3O4/c1-14(2)11-20-22(28)25-19(15-7-9-30-10-8-15)13-27(20)23(29)18-12-21(31-26-18)16-3-5-17(24)6-4-16/h3-6,12,14-15,19-20H,7-11,13H2,1-2H3,(H,25,28)/t19-,20+/m1/s1. The minimum atomic E-state index is -0.547. The normalized spacial score (nSPS) is 22.6. The summed E-state index contributed by atoms with van der Waals surface area (Å²) >= 11 is 0. The summed E-state index contributed by atoms with van der Waals surface area (Å²) in [6.45, 7) is 5.84. The van der Waals surface area contributed by atoms with E-state index in [1.54, 1.807) is 23.1 Å². The van der Waals surface area contributed by atoms with Crippen molar-refractivity contribution in [2.45, 2.75) is 45.2 Å². The monoisotopic (exact) mass is 429 g/mol. The maximum Gasteiger partial charge on any atom is 0.276 e. The molecule has 2 aliphatic heterocycles. The smallest absolute Gasteiger partial charge is 0.276 e. The van der Waals surface area contributed by atoms with Crippen LogP contribution in [-0.4, -0.2) is 53.7 Å². The van der Waals surface area contributed by atoms with Crippen molar-refractivity contribution in [1.29, 1.82) is 0 Å². The van der Waals surface area contributed by atoms with Gasteiger partial charge < -0.3 is 19.5 Å². The van der Waals surface area contributed by atoms with Gasteiger partial charge >= 0.3 is 0 Å². The number of ether oxygens (including phenoxy) is 1. The van der Waals surface area contributed by atoms with E-state index >= 15 is 0 Å². The maximum atomic E-state index is 13.4. The van der Waals surface area contributed by atoms with Gasteiger partial charge in [0.25, 0.3) is 5.91 Å². The Labute approximate surface area is 180 Å². The van der Waals surface area contributed by atoms with Gasteiger partial charge in [0.1, 0.15) is 11.9 Å². The Morgan fingerprint density at radius 1 is 1.26 bits per heavy atom. The van der Waals surface area contributed by atoms with Gasteiger partial charge in [-0.25, -0.2) is 4.39 Å². The van der Waals surface area contributed by atoms with Gasteiger partial charge in [0.15, 0.2) is 11.5 Å². The zero-order valence-electron chi connectivity index (χ0n) is 17.8. The van der Waals surface area contributed by atoms with Crippen LogP contribution in [0, 0.1) is 17.7 Å². The van der Waals surface area contributed by atoms with Crippen molar-refractivity contribution in [2.24, 2.45) is 11.8 Å². The molecule has 0 bridgehead atoms. The molecule has 31 heavy (non-hydrogen) atoms. The fourth-order valence-electron chi connectivity index (χ4n) is 4.37. The summed E-state index contributed by atoms with van der Waals surface area (Å²) in [5.74, 6) is 0.111. The fraction of sp³-hybridized carbons (Fsp3) is 0.522. The molecule has 8 heteroatoms. The van der Waals surface area contributed by atoms with Crippen LogP contribution >= 0.6 is 0 Å². The Balaban J connectivity index is 1.57. The number of piperazine rings is 1. The Hall–Kier alpha value is -2.74. The molecule has 2 fully saturated rings. The molecule has 1 N–H and O–H groups in total. The van der Waals surface area contributed by atoms with Crippen molar-refractivity contribution < 1.29 is 23.2 Å². The summed E-state index contributed by atoms with van der Waals surface area (Å²) in [4.78, 5) is 28.0. The second-order valence-electron chi connectivity index (χ2n) is 8.75. The summed E-state index contributed by atoms with van der Waals surface area (Å²) < 4.78 is 24.0. The summed E-state index contributed by atoms with van der Waals surface area (Å²) in [7, 11) is 0. The lowest BCUT2D eigenvalue weighted by Gasteiger charge is -2.43. The van der Waals surface area contributed by atoms with Gasteiger partial charge in [0.05, 0.1) is 0 Å². The third-order valence-corrected chi connectivity index (χ3v) is 6.05. The first-order valence-corrected chi connectivity index (χ1v) is 10.8. The molecular weight excluding hydrogens is 401 g/mol. The van der Waals surface area contributed by atoms with Crippen LogP contribution in [-0.2, 0) is 9.53 Å². The molecule has 0 spiro atoms. The molecule has 4 rings (SSSR count). The number of carbonyl (C=O) groups is 2. The third kappa shape index (κ3) is 4.79. The Morgan fingerprint density at radius 3 is 2.65 bits per heavy atom. The zero-order chi connectivity index (χ0) is 22.0. The largest absolute Gasteiger partial charge is 0.381 e. The topological polar surface area (TPSA) is 84.7 Å². The van der Waals surface area contributed by atoms with Crippen molar-refractivity contribution in [3.05, 3.63) is 41.8 Å². The van der Waals surface area contributed by atoms with Crippen LogP contribution in [0.25, 0.3) is 11.3 Å². The van der Waals surface area contributed by atoms with Crippen LogP contribution in [0.2, 0.25) is 0 Å². The molecule has 2 amide bonds. The summed E-state index contributed by atoms with van der Waals surface area (Å²) in [6.07, 6.45) is 2.29. The molecule has 3 heterocycles. The van der Waals surface area contributed by atoms with Gasteiger partial charge in [-0.2, -0.15) is 0 Å². The van der Waals surface area contributed by atoms with E-state index in [0.29, 0.717) is 37.5 Å². The minimum Gasteiger partial charge on any atom is -0.381 e. The number of benzene rings is 1. The molecule has 2 saturated heterocycles. The van der Waals surface area contributed by atoms with E-state index in [0.717, 1.165) is 12.8 Å². The van der Waals surface area contributed by atoms with Crippen molar-refractivity contribution in [3.8, 4) is 11.3 Å². The van der Waals surface area contributed by atoms with Gasteiger partial charge in [0.2, 0.25) is 5.91 Å². The summed E-state index contributed by atoms with van der Waals surface area (Å²) in [5.41, 5.74) is 0.775. The van der Waals surface area contributed by atoms with E-state index in [4.69, 9.17) is 9.26 Å². The second-order valence-corrected chi connectivity index (χ2v) is 8.75. The highest BCUT2D eigenvalue weighted by atomic mass is 19.1. The highest BCUT2D eigenvalue weighted by Crippen LogP contribution is 2.27. The Kier molecular flexibility index (Phi) is 6.36. The van der Waals surface area contributed by atoms with Gasteiger partial charge in [-0.05, 0) is 55.4 Å². The SMILES string of the molecule is CC(C)C[C@H]1C(=O)N[C@@H](C2CCOCC2)CN1C(=O)c1cc(-c2ccc(F)cc2)on1. The van der Waals surface area contributed by atoms with E-state index < -0.39 is 6.04 Å². The lowest BCUT2D eigenvalue weighted by atomic mass is 9.88. The molecule has 0 radical (unpaired) electrons. The predicted octanol–water partition coefficient (Wildman–Crippen LogP) is 3.26. The summed E-state index contributed by atoms with van der Waals surface area (Å²) in [5, 5.41) is 7.10. The van der Waals surface area contributed by atoms with E-state index in [9.17, 15) is 14.0 Å². The lowest BCUT2D eigenvalue weighted by molar-refractivity contribution is -0.131. The first kappa shape index (κ1) is 21.5. The van der Waals surface area contributed by atoms with Gasteiger partial charge in [-0.15, -0.1) is 0 Å². The van der Waals surface area contributed by atoms with E-state index in [1.165, 1.54) is 12.1 Å². The van der Waals surface area contributed by atoms with E-state index in [-0.39, 0.29) is 41.2 Å². The number of hydrogen-bond acceptors (Lipinski definition) is 5. The highest BCUT2D eigenvalue weighted by Gasteiger charge is 2.41. The molecule has 0 unspecified atom stereocenters. The average molecular weight is 429 g/mol. The summed E-state index contributed by atoms with van der Waals surface area (Å²) in [6, 6.07) is 6.69. The number of halogens is 1. The predicted molar refractivity (Wildman–Crippen MR) is 112 cm³/mol. The second kappa shape index (κ2) is 9.18. The molecule has 166 valence electrons. The molecule has 2 atom stereocenters. The minimum absolute atomic E-state index is 0.104. The van der Waals surface area contributed by atoms with E-state index in [2.05, 4.69) is 10.5 Å². The van der Waals surface area contributed by atoms with Gasteiger partial charge in [-0.3, -0.25) is 9.59 Å². The van der Waals surface area contributed by atoms with Crippen LogP contribution in [0.15, 0.2) is 34.9 Å². The molecule has 2 aliphatic rings. The molecule has 2 aromatic rings. The lowest BCUT2D eigenvalue weighted by Crippen LogP contribution is -2.64. The van der Waals surface area contributed by atoms with Crippen molar-refractivity contribution in [3.63, 3.8) is 0 Å². The number of aromatic nitrogens is 1. The number of rotatable bonds is 5. The molecule has 0 aliphatic carbocycles. The molecule has 7 nitrogen and oxygen atoms in total. The van der Waals surface area contributed by atoms with Crippen LogP contribution in [0.3, 0.4) is 0 Å². The van der Waals surface area contributed by atoms with Crippen molar-refractivity contribution in [2.75, 3.05) is 19.8 Å².